The first-order valence-electron chi connectivity index (χ1n) is 4.49. The molecule has 0 nitrogen and oxygen atoms in total. The van der Waals surface area contributed by atoms with Crippen LogP contribution < -0.4 is 0 Å². The maximum Gasteiger partial charge on any atom is 0.0671 e. The zero-order valence-corrected chi connectivity index (χ0v) is 11.0. The summed E-state index contributed by atoms with van der Waals surface area (Å²) in [6.45, 7) is 0. The van der Waals surface area contributed by atoms with Crippen molar-refractivity contribution in [1.29, 1.82) is 0 Å². The molecule has 0 spiro atoms. The van der Waals surface area contributed by atoms with E-state index in [1.807, 2.05) is 18.2 Å². The number of benzene rings is 2. The standard InChI is InChI=1S/C12H6Cl4/c13-7-4-5-8(11(15)6-7)9-2-1-3-10(14)12(9)16/h1-6H. The lowest BCUT2D eigenvalue weighted by Gasteiger charge is -2.08. The van der Waals surface area contributed by atoms with Crippen LogP contribution in [0.4, 0.5) is 0 Å². The molecule has 0 aliphatic heterocycles. The maximum absolute atomic E-state index is 6.12. The summed E-state index contributed by atoms with van der Waals surface area (Å²) in [5.41, 5.74) is 1.62. The molecular weight excluding hydrogens is 286 g/mol. The minimum Gasteiger partial charge on any atom is -0.0843 e. The predicted molar refractivity (Wildman–Crippen MR) is 71.9 cm³/mol. The Morgan fingerprint density at radius 2 is 1.44 bits per heavy atom. The average Bonchev–Trinajstić information content (AvgIpc) is 2.23. The van der Waals surface area contributed by atoms with Crippen LogP contribution in [0.3, 0.4) is 0 Å². The molecule has 16 heavy (non-hydrogen) atoms. The summed E-state index contributed by atoms with van der Waals surface area (Å²) in [7, 11) is 0. The van der Waals surface area contributed by atoms with Gasteiger partial charge in [0, 0.05) is 21.2 Å². The molecule has 2 aromatic rings. The van der Waals surface area contributed by atoms with E-state index >= 15 is 0 Å². The fraction of sp³-hybridized carbons (Fsp3) is 0. The molecule has 0 aromatic heterocycles. The maximum atomic E-state index is 6.12. The van der Waals surface area contributed by atoms with Crippen molar-refractivity contribution < 1.29 is 0 Å². The second kappa shape index (κ2) is 4.85. The largest absolute Gasteiger partial charge is 0.0843 e. The highest BCUT2D eigenvalue weighted by Gasteiger charge is 2.10. The highest BCUT2D eigenvalue weighted by atomic mass is 35.5. The monoisotopic (exact) mass is 290 g/mol. The lowest BCUT2D eigenvalue weighted by atomic mass is 10.1. The molecule has 82 valence electrons. The van der Waals surface area contributed by atoms with E-state index in [2.05, 4.69) is 0 Å². The SMILES string of the molecule is Clc1ccc(-c2cccc(Cl)c2Cl)c(Cl)c1. The van der Waals surface area contributed by atoms with Gasteiger partial charge in [-0.15, -0.1) is 0 Å². The van der Waals surface area contributed by atoms with E-state index in [9.17, 15) is 0 Å². The summed E-state index contributed by atoms with van der Waals surface area (Å²) < 4.78 is 0. The Morgan fingerprint density at radius 1 is 0.688 bits per heavy atom. The van der Waals surface area contributed by atoms with Crippen LogP contribution in [-0.2, 0) is 0 Å². The molecule has 0 bridgehead atoms. The Morgan fingerprint density at radius 3 is 2.12 bits per heavy atom. The molecule has 0 unspecified atom stereocenters. The molecule has 0 aliphatic carbocycles. The van der Waals surface area contributed by atoms with E-state index in [1.165, 1.54) is 0 Å². The minimum absolute atomic E-state index is 0.494. The summed E-state index contributed by atoms with van der Waals surface area (Å²) in [6.07, 6.45) is 0. The van der Waals surface area contributed by atoms with E-state index in [0.29, 0.717) is 20.1 Å². The molecule has 0 aliphatic rings. The lowest BCUT2D eigenvalue weighted by molar-refractivity contribution is 1.61. The van der Waals surface area contributed by atoms with Crippen LogP contribution >= 0.6 is 46.4 Å². The van der Waals surface area contributed by atoms with Crippen LogP contribution in [0, 0.1) is 0 Å². The molecule has 2 rings (SSSR count). The van der Waals surface area contributed by atoms with Crippen LogP contribution in [0.5, 0.6) is 0 Å². The van der Waals surface area contributed by atoms with Gasteiger partial charge in [-0.2, -0.15) is 0 Å². The van der Waals surface area contributed by atoms with Gasteiger partial charge in [-0.3, -0.25) is 0 Å². The summed E-state index contributed by atoms with van der Waals surface area (Å²) >= 11 is 24.0. The van der Waals surface area contributed by atoms with Gasteiger partial charge in [0.25, 0.3) is 0 Å². The Labute approximate surface area is 114 Å². The van der Waals surface area contributed by atoms with Crippen LogP contribution in [-0.4, -0.2) is 0 Å². The molecule has 0 saturated heterocycles. The summed E-state index contributed by atoms with van der Waals surface area (Å²) in [6, 6.07) is 10.7. The van der Waals surface area contributed by atoms with Crippen molar-refractivity contribution in [3.8, 4) is 11.1 Å². The first-order valence-corrected chi connectivity index (χ1v) is 6.00. The van der Waals surface area contributed by atoms with Crippen molar-refractivity contribution in [2.45, 2.75) is 0 Å². The molecule has 4 heteroatoms. The minimum atomic E-state index is 0.494. The van der Waals surface area contributed by atoms with Crippen molar-refractivity contribution in [3.63, 3.8) is 0 Å². The molecular formula is C12H6Cl4. The van der Waals surface area contributed by atoms with Crippen LogP contribution in [0.1, 0.15) is 0 Å². The molecule has 0 fully saturated rings. The first kappa shape index (κ1) is 12.1. The highest BCUT2D eigenvalue weighted by molar-refractivity contribution is 6.44. The number of hydrogen-bond donors (Lipinski definition) is 0. The van der Waals surface area contributed by atoms with Crippen molar-refractivity contribution in [2.24, 2.45) is 0 Å². The lowest BCUT2D eigenvalue weighted by Crippen LogP contribution is -1.82. The van der Waals surface area contributed by atoms with Gasteiger partial charge in [-0.05, 0) is 18.2 Å². The zero-order chi connectivity index (χ0) is 11.7. The second-order valence-electron chi connectivity index (χ2n) is 3.23. The number of rotatable bonds is 1. The van der Waals surface area contributed by atoms with Gasteiger partial charge in [0.1, 0.15) is 0 Å². The number of halogens is 4. The van der Waals surface area contributed by atoms with Crippen molar-refractivity contribution in [1.82, 2.24) is 0 Å². The van der Waals surface area contributed by atoms with E-state index in [4.69, 9.17) is 46.4 Å². The third-order valence-electron chi connectivity index (χ3n) is 2.17. The second-order valence-corrected chi connectivity index (χ2v) is 4.85. The van der Waals surface area contributed by atoms with Crippen molar-refractivity contribution >= 4 is 46.4 Å². The van der Waals surface area contributed by atoms with Gasteiger partial charge in [-0.25, -0.2) is 0 Å². The fourth-order valence-electron chi connectivity index (χ4n) is 1.42. The molecule has 0 saturated carbocycles. The molecule has 0 atom stereocenters. The zero-order valence-electron chi connectivity index (χ0n) is 7.98. The predicted octanol–water partition coefficient (Wildman–Crippen LogP) is 5.97. The topological polar surface area (TPSA) is 0 Å². The van der Waals surface area contributed by atoms with Gasteiger partial charge >= 0.3 is 0 Å². The van der Waals surface area contributed by atoms with Crippen LogP contribution in [0.25, 0.3) is 11.1 Å². The molecule has 2 aromatic carbocycles. The Hall–Kier alpha value is -0.400. The summed E-state index contributed by atoms with van der Waals surface area (Å²) in [5.74, 6) is 0. The van der Waals surface area contributed by atoms with E-state index in [0.717, 1.165) is 11.1 Å². The summed E-state index contributed by atoms with van der Waals surface area (Å²) in [5, 5.41) is 2.14. The van der Waals surface area contributed by atoms with Gasteiger partial charge in [0.2, 0.25) is 0 Å². The third-order valence-corrected chi connectivity index (χ3v) is 3.54. The molecule has 0 radical (unpaired) electrons. The van der Waals surface area contributed by atoms with E-state index in [-0.39, 0.29) is 0 Å². The van der Waals surface area contributed by atoms with Gasteiger partial charge < -0.3 is 0 Å². The number of hydrogen-bond acceptors (Lipinski definition) is 0. The van der Waals surface area contributed by atoms with E-state index < -0.39 is 0 Å². The fourth-order valence-corrected chi connectivity index (χ4v) is 2.33. The Balaban J connectivity index is 2.63. The average molecular weight is 292 g/mol. The van der Waals surface area contributed by atoms with Crippen LogP contribution in [0.2, 0.25) is 20.1 Å². The smallest absolute Gasteiger partial charge is 0.0671 e. The normalized spacial score (nSPS) is 10.5. The van der Waals surface area contributed by atoms with E-state index in [1.54, 1.807) is 18.2 Å². The van der Waals surface area contributed by atoms with Crippen molar-refractivity contribution in [2.75, 3.05) is 0 Å². The molecule has 0 N–H and O–H groups in total. The highest BCUT2D eigenvalue weighted by Crippen LogP contribution is 2.37. The van der Waals surface area contributed by atoms with Gasteiger partial charge in [-0.1, -0.05) is 64.6 Å². The summed E-state index contributed by atoms with van der Waals surface area (Å²) in [4.78, 5) is 0. The molecule has 0 heterocycles. The quantitative estimate of drug-likeness (QED) is 0.607. The molecule has 0 amide bonds. The van der Waals surface area contributed by atoms with Gasteiger partial charge in [0.15, 0.2) is 0 Å². The Bertz CT molecular complexity index is 535. The third kappa shape index (κ3) is 2.31. The van der Waals surface area contributed by atoms with Crippen molar-refractivity contribution in [3.05, 3.63) is 56.5 Å². The Kier molecular flexibility index (Phi) is 3.66. The first-order chi connectivity index (χ1) is 7.59. The van der Waals surface area contributed by atoms with Gasteiger partial charge in [0.05, 0.1) is 10.0 Å². The van der Waals surface area contributed by atoms with Crippen LogP contribution in [0.15, 0.2) is 36.4 Å².